The van der Waals surface area contributed by atoms with Crippen molar-refractivity contribution >= 4 is 21.8 Å². The van der Waals surface area contributed by atoms with E-state index >= 15 is 0 Å². The second-order valence-corrected chi connectivity index (χ2v) is 5.68. The first-order chi connectivity index (χ1) is 6.39. The molecule has 0 radical (unpaired) electrons. The number of halogens is 1. The van der Waals surface area contributed by atoms with E-state index in [0.29, 0.717) is 12.5 Å². The van der Waals surface area contributed by atoms with Crippen molar-refractivity contribution in [1.29, 1.82) is 0 Å². The van der Waals surface area contributed by atoms with Gasteiger partial charge < -0.3 is 5.32 Å². The summed E-state index contributed by atoms with van der Waals surface area (Å²) in [4.78, 5) is 11.6. The van der Waals surface area contributed by atoms with Gasteiger partial charge in [-0.1, -0.05) is 43.6 Å². The fourth-order valence-corrected chi connectivity index (χ4v) is 1.82. The Bertz CT molecular complexity index is 175. The van der Waals surface area contributed by atoms with Gasteiger partial charge in [-0.25, -0.2) is 0 Å². The molecule has 0 aromatic heterocycles. The molecule has 1 atom stereocenters. The third-order valence-electron chi connectivity index (χ3n) is 2.01. The van der Waals surface area contributed by atoms with E-state index in [4.69, 9.17) is 0 Å². The number of rotatable bonds is 5. The van der Waals surface area contributed by atoms with Crippen molar-refractivity contribution in [2.24, 2.45) is 5.41 Å². The number of alkyl halides is 1. The zero-order chi connectivity index (χ0) is 11.2. The maximum atomic E-state index is 11.6. The summed E-state index contributed by atoms with van der Waals surface area (Å²) in [7, 11) is 0. The third kappa shape index (κ3) is 7.36. The molecule has 0 spiro atoms. The van der Waals surface area contributed by atoms with Gasteiger partial charge in [-0.05, 0) is 18.3 Å². The standard InChI is InChI=1S/C11H22BrNO/c1-5-9(6-7-12)13-10(14)8-11(2,3)4/h9H,5-8H2,1-4H3,(H,13,14). The fourth-order valence-electron chi connectivity index (χ4n) is 1.27. The Kier molecular flexibility index (Phi) is 6.41. The summed E-state index contributed by atoms with van der Waals surface area (Å²) in [5, 5.41) is 4.00. The molecule has 0 aliphatic heterocycles. The molecule has 1 unspecified atom stereocenters. The minimum absolute atomic E-state index is 0.0801. The first kappa shape index (κ1) is 13.9. The molecular formula is C11H22BrNO. The van der Waals surface area contributed by atoms with Crippen LogP contribution >= 0.6 is 15.9 Å². The smallest absolute Gasteiger partial charge is 0.220 e. The summed E-state index contributed by atoms with van der Waals surface area (Å²) in [6.45, 7) is 8.35. The monoisotopic (exact) mass is 263 g/mol. The Balaban J connectivity index is 3.91. The van der Waals surface area contributed by atoms with Crippen molar-refractivity contribution in [2.45, 2.75) is 53.0 Å². The minimum Gasteiger partial charge on any atom is -0.353 e. The summed E-state index contributed by atoms with van der Waals surface area (Å²) >= 11 is 3.39. The van der Waals surface area contributed by atoms with Crippen LogP contribution in [0.4, 0.5) is 0 Å². The van der Waals surface area contributed by atoms with E-state index in [1.54, 1.807) is 0 Å². The van der Waals surface area contributed by atoms with Crippen LogP contribution in [0.5, 0.6) is 0 Å². The predicted molar refractivity (Wildman–Crippen MR) is 64.7 cm³/mol. The van der Waals surface area contributed by atoms with Crippen LogP contribution in [0.25, 0.3) is 0 Å². The van der Waals surface area contributed by atoms with Crippen molar-refractivity contribution in [3.05, 3.63) is 0 Å². The predicted octanol–water partition coefficient (Wildman–Crippen LogP) is 3.10. The van der Waals surface area contributed by atoms with Gasteiger partial charge >= 0.3 is 0 Å². The van der Waals surface area contributed by atoms with Crippen molar-refractivity contribution in [3.63, 3.8) is 0 Å². The molecule has 0 saturated carbocycles. The average molecular weight is 264 g/mol. The summed E-state index contributed by atoms with van der Waals surface area (Å²) in [6, 6.07) is 0.323. The lowest BCUT2D eigenvalue weighted by molar-refractivity contribution is -0.123. The Labute approximate surface area is 96.0 Å². The normalized spacial score (nSPS) is 13.8. The van der Waals surface area contributed by atoms with Gasteiger partial charge in [0.05, 0.1) is 0 Å². The van der Waals surface area contributed by atoms with Crippen LogP contribution < -0.4 is 5.32 Å². The SMILES string of the molecule is CCC(CCBr)NC(=O)CC(C)(C)C. The van der Waals surface area contributed by atoms with Crippen molar-refractivity contribution < 1.29 is 4.79 Å². The Morgan fingerprint density at radius 3 is 2.36 bits per heavy atom. The second-order valence-electron chi connectivity index (χ2n) is 4.89. The quantitative estimate of drug-likeness (QED) is 0.759. The fraction of sp³-hybridized carbons (Fsp3) is 0.909. The highest BCUT2D eigenvalue weighted by atomic mass is 79.9. The molecule has 1 amide bonds. The van der Waals surface area contributed by atoms with Crippen LogP contribution in [-0.4, -0.2) is 17.3 Å². The van der Waals surface area contributed by atoms with Crippen LogP contribution in [0.1, 0.15) is 47.0 Å². The zero-order valence-corrected chi connectivity index (χ0v) is 11.3. The second kappa shape index (κ2) is 6.44. The average Bonchev–Trinajstić information content (AvgIpc) is 2.00. The molecule has 84 valence electrons. The van der Waals surface area contributed by atoms with Crippen LogP contribution in [0, 0.1) is 5.41 Å². The summed E-state index contributed by atoms with van der Waals surface area (Å²) in [6.07, 6.45) is 2.61. The van der Waals surface area contributed by atoms with E-state index in [-0.39, 0.29) is 11.3 Å². The van der Waals surface area contributed by atoms with E-state index in [1.807, 2.05) is 0 Å². The largest absolute Gasteiger partial charge is 0.353 e. The number of carbonyl (C=O) groups excluding carboxylic acids is 1. The molecule has 1 N–H and O–H groups in total. The first-order valence-corrected chi connectivity index (χ1v) is 6.36. The molecule has 0 rings (SSSR count). The highest BCUT2D eigenvalue weighted by Crippen LogP contribution is 2.18. The van der Waals surface area contributed by atoms with Gasteiger partial charge in [0.1, 0.15) is 0 Å². The number of hydrogen-bond donors (Lipinski definition) is 1. The lowest BCUT2D eigenvalue weighted by atomic mass is 9.92. The molecule has 0 aliphatic rings. The maximum absolute atomic E-state index is 11.6. The maximum Gasteiger partial charge on any atom is 0.220 e. The lowest BCUT2D eigenvalue weighted by Gasteiger charge is -2.21. The van der Waals surface area contributed by atoms with Gasteiger partial charge in [0, 0.05) is 17.8 Å². The Morgan fingerprint density at radius 1 is 1.43 bits per heavy atom. The van der Waals surface area contributed by atoms with Crippen molar-refractivity contribution in [2.75, 3.05) is 5.33 Å². The molecule has 0 saturated heterocycles. The summed E-state index contributed by atoms with van der Waals surface area (Å²) < 4.78 is 0. The Morgan fingerprint density at radius 2 is 2.00 bits per heavy atom. The van der Waals surface area contributed by atoms with E-state index < -0.39 is 0 Å². The van der Waals surface area contributed by atoms with E-state index in [2.05, 4.69) is 48.9 Å². The lowest BCUT2D eigenvalue weighted by Crippen LogP contribution is -2.36. The summed E-state index contributed by atoms with van der Waals surface area (Å²) in [5.41, 5.74) is 0.0801. The highest BCUT2D eigenvalue weighted by molar-refractivity contribution is 9.09. The molecule has 14 heavy (non-hydrogen) atoms. The molecule has 0 fully saturated rings. The molecule has 0 aliphatic carbocycles. The molecule has 2 nitrogen and oxygen atoms in total. The van der Waals surface area contributed by atoms with Gasteiger partial charge in [-0.3, -0.25) is 4.79 Å². The highest BCUT2D eigenvalue weighted by Gasteiger charge is 2.17. The number of carbonyl (C=O) groups is 1. The van der Waals surface area contributed by atoms with Gasteiger partial charge in [-0.2, -0.15) is 0 Å². The van der Waals surface area contributed by atoms with Crippen molar-refractivity contribution in [3.8, 4) is 0 Å². The van der Waals surface area contributed by atoms with Gasteiger partial charge in [0.2, 0.25) is 5.91 Å². The number of amides is 1. The molecule has 0 bridgehead atoms. The number of nitrogens with one attached hydrogen (secondary N) is 1. The topological polar surface area (TPSA) is 29.1 Å². The van der Waals surface area contributed by atoms with Gasteiger partial charge in [0.25, 0.3) is 0 Å². The molecular weight excluding hydrogens is 242 g/mol. The van der Waals surface area contributed by atoms with Gasteiger partial charge in [0.15, 0.2) is 0 Å². The third-order valence-corrected chi connectivity index (χ3v) is 2.46. The zero-order valence-electron chi connectivity index (χ0n) is 9.69. The van der Waals surface area contributed by atoms with Crippen LogP contribution in [-0.2, 0) is 4.79 Å². The van der Waals surface area contributed by atoms with Crippen LogP contribution in [0.3, 0.4) is 0 Å². The van der Waals surface area contributed by atoms with Crippen molar-refractivity contribution in [1.82, 2.24) is 5.32 Å². The van der Waals surface area contributed by atoms with Gasteiger partial charge in [-0.15, -0.1) is 0 Å². The molecule has 0 heterocycles. The van der Waals surface area contributed by atoms with E-state index in [9.17, 15) is 4.79 Å². The molecule has 0 aromatic rings. The number of hydrogen-bond acceptors (Lipinski definition) is 1. The summed E-state index contributed by atoms with van der Waals surface area (Å²) in [5.74, 6) is 0.172. The molecule has 0 aromatic carbocycles. The van der Waals surface area contributed by atoms with E-state index in [0.717, 1.165) is 18.2 Å². The van der Waals surface area contributed by atoms with E-state index in [1.165, 1.54) is 0 Å². The first-order valence-electron chi connectivity index (χ1n) is 5.24. The Hall–Kier alpha value is -0.0500. The molecule has 3 heteroatoms. The van der Waals surface area contributed by atoms with Crippen LogP contribution in [0.15, 0.2) is 0 Å². The van der Waals surface area contributed by atoms with Crippen LogP contribution in [0.2, 0.25) is 0 Å². The minimum atomic E-state index is 0.0801.